The van der Waals surface area contributed by atoms with Crippen LogP contribution in [0.2, 0.25) is 10.0 Å². The lowest BCUT2D eigenvalue weighted by Gasteiger charge is -2.20. The van der Waals surface area contributed by atoms with E-state index in [1.54, 1.807) is 48.9 Å². The molecule has 0 aliphatic carbocycles. The Hall–Kier alpha value is -7.10. The van der Waals surface area contributed by atoms with E-state index in [2.05, 4.69) is 31.7 Å². The number of aliphatic hydroxyl groups excluding tert-OH is 2. The molecule has 368 valence electrons. The van der Waals surface area contributed by atoms with Crippen LogP contribution in [0.15, 0.2) is 103 Å². The minimum absolute atomic E-state index is 0.00233. The van der Waals surface area contributed by atoms with E-state index in [1.165, 1.54) is 6.20 Å². The molecule has 0 radical (unpaired) electrons. The number of hydrogen-bond acceptors (Lipinski definition) is 14. The molecule has 3 heterocycles. The van der Waals surface area contributed by atoms with Gasteiger partial charge in [0, 0.05) is 91.0 Å². The highest BCUT2D eigenvalue weighted by Crippen LogP contribution is 2.37. The number of aliphatic hydroxyl groups is 2. The van der Waals surface area contributed by atoms with E-state index in [-0.39, 0.29) is 70.6 Å². The third kappa shape index (κ3) is 13.8. The number of aliphatic carboxylic acids is 2. The van der Waals surface area contributed by atoms with Crippen molar-refractivity contribution in [2.24, 2.45) is 4.99 Å². The van der Waals surface area contributed by atoms with Crippen molar-refractivity contribution in [3.05, 3.63) is 163 Å². The second kappa shape index (κ2) is 24.6. The molecule has 16 nitrogen and oxygen atoms in total. The van der Waals surface area contributed by atoms with Gasteiger partial charge in [0.05, 0.1) is 27.9 Å². The number of aliphatic imine (C=N–C) groups is 1. The van der Waals surface area contributed by atoms with Crippen LogP contribution in [-0.4, -0.2) is 79.9 Å². The fraction of sp³-hybridized carbons (Fsp3) is 0.283. The number of carbonyl (C=O) groups is 2. The number of pyridine rings is 2. The molecular weight excluding hydrogens is 952 g/mol. The summed E-state index contributed by atoms with van der Waals surface area (Å²) in [6, 6.07) is 22.3. The highest BCUT2D eigenvalue weighted by atomic mass is 35.5. The normalized spacial score (nSPS) is 12.6. The Morgan fingerprint density at radius 1 is 0.648 bits per heavy atom. The standard InChI is InChI=1S/C53H52Cl2N6O10/c1-31-36(29-70-50-17-48(68-27-34-13-33(19-56)20-57-21-34)39(15-43(50)54)24-59-45(9-11-62)52(64)65)5-3-7-41(31)42-8-4-6-37(32(42)2)30-71-51-18-49(69-28-35-14-38(23-58-22-35)47-26-61-47)40(16-44(51)55)25-60-46(10-12-63)53(66)67/h3-8,13-18,20-23,45-46,59-60,62-63H,9-12,24-30H2,1-2H3,(H,64,65)(H,66,67)/t45-,46-/m0/s1. The Kier molecular flexibility index (Phi) is 18.0. The molecule has 2 atom stereocenters. The van der Waals surface area contributed by atoms with E-state index in [9.17, 15) is 35.3 Å². The van der Waals surface area contributed by atoms with Gasteiger partial charge < -0.3 is 50.0 Å². The Morgan fingerprint density at radius 3 is 1.56 bits per heavy atom. The maximum Gasteiger partial charge on any atom is 0.320 e. The third-order valence-electron chi connectivity index (χ3n) is 11.8. The van der Waals surface area contributed by atoms with Gasteiger partial charge in [-0.15, -0.1) is 0 Å². The first-order valence-electron chi connectivity index (χ1n) is 22.6. The second-order valence-electron chi connectivity index (χ2n) is 16.7. The fourth-order valence-electron chi connectivity index (χ4n) is 7.74. The van der Waals surface area contributed by atoms with Crippen LogP contribution < -0.4 is 29.6 Å². The predicted molar refractivity (Wildman–Crippen MR) is 266 cm³/mol. The van der Waals surface area contributed by atoms with Crippen LogP contribution in [0.4, 0.5) is 0 Å². The van der Waals surface area contributed by atoms with Crippen molar-refractivity contribution < 1.29 is 49.0 Å². The summed E-state index contributed by atoms with van der Waals surface area (Å²) in [7, 11) is 0. The van der Waals surface area contributed by atoms with E-state index in [0.29, 0.717) is 56.8 Å². The van der Waals surface area contributed by atoms with Crippen LogP contribution in [-0.2, 0) is 49.1 Å². The number of carboxylic acids is 2. The van der Waals surface area contributed by atoms with Gasteiger partial charge in [-0.2, -0.15) is 5.26 Å². The van der Waals surface area contributed by atoms with Crippen LogP contribution in [0.3, 0.4) is 0 Å². The summed E-state index contributed by atoms with van der Waals surface area (Å²) >= 11 is 13.6. The first-order valence-corrected chi connectivity index (χ1v) is 23.4. The Labute approximate surface area is 420 Å². The molecule has 1 aliphatic rings. The summed E-state index contributed by atoms with van der Waals surface area (Å²) in [5.74, 6) is -0.698. The molecule has 2 aromatic heterocycles. The molecule has 0 unspecified atom stereocenters. The molecule has 0 spiro atoms. The molecular formula is C53H52Cl2N6O10. The minimum Gasteiger partial charge on any atom is -0.488 e. The summed E-state index contributed by atoms with van der Waals surface area (Å²) in [6.07, 6.45) is 6.53. The average molecular weight is 1000 g/mol. The highest BCUT2D eigenvalue weighted by Gasteiger charge is 2.22. The lowest BCUT2D eigenvalue weighted by molar-refractivity contribution is -0.140. The third-order valence-corrected chi connectivity index (χ3v) is 12.4. The molecule has 0 bridgehead atoms. The van der Waals surface area contributed by atoms with Gasteiger partial charge in [-0.05, 0) is 84.3 Å². The maximum absolute atomic E-state index is 11.8. The predicted octanol–water partition coefficient (Wildman–Crippen LogP) is 7.91. The largest absolute Gasteiger partial charge is 0.488 e. The van der Waals surface area contributed by atoms with Gasteiger partial charge in [0.25, 0.3) is 0 Å². The summed E-state index contributed by atoms with van der Waals surface area (Å²) < 4.78 is 25.3. The van der Waals surface area contributed by atoms with E-state index in [4.69, 9.17) is 42.1 Å². The van der Waals surface area contributed by atoms with E-state index in [1.807, 2.05) is 56.3 Å². The summed E-state index contributed by atoms with van der Waals surface area (Å²) in [6.45, 7) is 4.81. The fourth-order valence-corrected chi connectivity index (χ4v) is 8.22. The van der Waals surface area contributed by atoms with Crippen molar-refractivity contribution >= 4 is 40.9 Å². The molecule has 18 heteroatoms. The molecule has 6 N–H and O–H groups in total. The van der Waals surface area contributed by atoms with Crippen molar-refractivity contribution in [2.75, 3.05) is 19.8 Å². The van der Waals surface area contributed by atoms with Gasteiger partial charge in [0.2, 0.25) is 0 Å². The minimum atomic E-state index is -1.11. The molecule has 0 fully saturated rings. The first kappa shape index (κ1) is 51.7. The van der Waals surface area contributed by atoms with Crippen LogP contribution in [0, 0.1) is 25.2 Å². The SMILES string of the molecule is Cc1c(COc2cc(OCc3cncc(C#N)c3)c(CN[C@@H](CCO)C(=O)O)cc2Cl)cccc1-c1cccc(COc2cc(OCc3cncc(C4=NC4)c3)c(CN[C@@H](CCO)C(=O)O)cc2Cl)c1C. The number of carboxylic acid groups (broad SMARTS) is 2. The van der Waals surface area contributed by atoms with Crippen LogP contribution in [0.1, 0.15) is 68.5 Å². The Balaban J connectivity index is 1.08. The molecule has 71 heavy (non-hydrogen) atoms. The number of halogens is 2. The van der Waals surface area contributed by atoms with Crippen molar-refractivity contribution in [3.63, 3.8) is 0 Å². The lowest BCUT2D eigenvalue weighted by Crippen LogP contribution is -2.37. The maximum atomic E-state index is 11.8. The van der Waals surface area contributed by atoms with Crippen molar-refractivity contribution in [1.82, 2.24) is 20.6 Å². The molecule has 6 aromatic rings. The van der Waals surface area contributed by atoms with E-state index in [0.717, 1.165) is 50.2 Å². The summed E-state index contributed by atoms with van der Waals surface area (Å²) in [4.78, 5) is 36.4. The number of hydrogen-bond donors (Lipinski definition) is 6. The first-order chi connectivity index (χ1) is 34.3. The zero-order valence-corrected chi connectivity index (χ0v) is 40.5. The topological polar surface area (TPSA) is 238 Å². The quantitative estimate of drug-likeness (QED) is 0.0303. The van der Waals surface area contributed by atoms with Gasteiger partial charge in [-0.1, -0.05) is 59.6 Å². The molecule has 1 aliphatic heterocycles. The number of nitriles is 1. The zero-order valence-electron chi connectivity index (χ0n) is 39.0. The van der Waals surface area contributed by atoms with E-state index < -0.39 is 24.0 Å². The Bertz CT molecular complexity index is 2960. The molecule has 0 saturated carbocycles. The van der Waals surface area contributed by atoms with Gasteiger partial charge >= 0.3 is 11.9 Å². The van der Waals surface area contributed by atoms with Gasteiger partial charge in [0.15, 0.2) is 0 Å². The van der Waals surface area contributed by atoms with Gasteiger partial charge in [-0.25, -0.2) is 0 Å². The number of aromatic nitrogens is 2. The molecule has 7 rings (SSSR count). The number of nitrogens with one attached hydrogen (secondary N) is 2. The summed E-state index contributed by atoms with van der Waals surface area (Å²) in [5, 5.41) is 54.1. The Morgan fingerprint density at radius 2 is 1.11 bits per heavy atom. The number of nitrogens with zero attached hydrogens (tertiary/aromatic N) is 4. The average Bonchev–Trinajstić information content (AvgIpc) is 4.22. The van der Waals surface area contributed by atoms with Crippen molar-refractivity contribution in [1.29, 1.82) is 5.26 Å². The highest BCUT2D eigenvalue weighted by molar-refractivity contribution is 6.32. The van der Waals surface area contributed by atoms with Crippen LogP contribution in [0.5, 0.6) is 23.0 Å². The zero-order chi connectivity index (χ0) is 50.4. The molecule has 4 aromatic carbocycles. The van der Waals surface area contributed by atoms with Crippen molar-refractivity contribution in [3.8, 4) is 40.2 Å². The number of rotatable bonds is 26. The van der Waals surface area contributed by atoms with Crippen LogP contribution in [0.25, 0.3) is 11.1 Å². The van der Waals surface area contributed by atoms with E-state index >= 15 is 0 Å². The van der Waals surface area contributed by atoms with Gasteiger partial charge in [0.1, 0.15) is 67.6 Å². The molecule has 0 saturated heterocycles. The lowest BCUT2D eigenvalue weighted by atomic mass is 9.92. The summed E-state index contributed by atoms with van der Waals surface area (Å²) in [5.41, 5.74) is 10.6. The molecule has 0 amide bonds. The number of benzene rings is 4. The van der Waals surface area contributed by atoms with Crippen molar-refractivity contribution in [2.45, 2.75) is 78.3 Å². The second-order valence-corrected chi connectivity index (χ2v) is 17.5. The monoisotopic (exact) mass is 1000 g/mol. The smallest absolute Gasteiger partial charge is 0.320 e. The van der Waals surface area contributed by atoms with Crippen LogP contribution >= 0.6 is 23.2 Å². The van der Waals surface area contributed by atoms with Gasteiger partial charge in [-0.3, -0.25) is 24.5 Å². The number of ether oxygens (including phenoxy) is 4.